The summed E-state index contributed by atoms with van der Waals surface area (Å²) in [6, 6.07) is 13.6. The van der Waals surface area contributed by atoms with Crippen LogP contribution in [0.15, 0.2) is 54.7 Å². The largest absolute Gasteiger partial charge is 0.478 e. The SMILES string of the molecule is CC(c1c[nH]c2ccccc12)N1CCCC2(C1)NC(=O)c1cc(C=CC(=O)O)ccc1O2. The van der Waals surface area contributed by atoms with Gasteiger partial charge in [0.25, 0.3) is 5.91 Å². The molecule has 1 amide bonds. The summed E-state index contributed by atoms with van der Waals surface area (Å²) in [5.74, 6) is -0.699. The molecule has 7 nitrogen and oxygen atoms in total. The fourth-order valence-electron chi connectivity index (χ4n) is 4.80. The first kappa shape index (κ1) is 20.3. The van der Waals surface area contributed by atoms with E-state index in [1.54, 1.807) is 18.2 Å². The van der Waals surface area contributed by atoms with Crippen molar-refractivity contribution in [1.29, 1.82) is 0 Å². The molecule has 0 radical (unpaired) electrons. The number of carboxylic acids is 1. The van der Waals surface area contributed by atoms with Crippen molar-refractivity contribution in [2.24, 2.45) is 0 Å². The Hall–Kier alpha value is -3.58. The third-order valence-electron chi connectivity index (χ3n) is 6.42. The van der Waals surface area contributed by atoms with Crippen molar-refractivity contribution in [2.75, 3.05) is 13.1 Å². The molecule has 1 spiro atoms. The number of carbonyl (C=O) groups is 2. The number of hydrogen-bond acceptors (Lipinski definition) is 4. The van der Waals surface area contributed by atoms with Crippen LogP contribution < -0.4 is 10.1 Å². The number of para-hydroxylation sites is 1. The van der Waals surface area contributed by atoms with Crippen LogP contribution >= 0.6 is 0 Å². The molecule has 3 aromatic rings. The highest BCUT2D eigenvalue weighted by Gasteiger charge is 2.44. The van der Waals surface area contributed by atoms with Crippen LogP contribution in [0.1, 0.15) is 47.3 Å². The maximum absolute atomic E-state index is 13.0. The van der Waals surface area contributed by atoms with Gasteiger partial charge in [-0.05, 0) is 55.3 Å². The Morgan fingerprint density at radius 2 is 2.12 bits per heavy atom. The molecule has 1 aromatic heterocycles. The van der Waals surface area contributed by atoms with Gasteiger partial charge in [-0.3, -0.25) is 9.69 Å². The lowest BCUT2D eigenvalue weighted by molar-refractivity contribution is -0.131. The molecular weight excluding hydrogens is 406 g/mol. The Balaban J connectivity index is 1.39. The number of benzene rings is 2. The lowest BCUT2D eigenvalue weighted by atomic mass is 9.95. The van der Waals surface area contributed by atoms with Crippen molar-refractivity contribution in [1.82, 2.24) is 15.2 Å². The highest BCUT2D eigenvalue weighted by Crippen LogP contribution is 2.37. The molecular formula is C25H25N3O4. The predicted octanol–water partition coefficient (Wildman–Crippen LogP) is 3.94. The number of nitrogens with one attached hydrogen (secondary N) is 2. The Bertz CT molecular complexity index is 1230. The van der Waals surface area contributed by atoms with Crippen molar-refractivity contribution in [3.8, 4) is 5.75 Å². The fourth-order valence-corrected chi connectivity index (χ4v) is 4.80. The number of rotatable bonds is 4. The summed E-state index contributed by atoms with van der Waals surface area (Å²) in [6.45, 7) is 3.70. The molecule has 0 aliphatic carbocycles. The van der Waals surface area contributed by atoms with Crippen LogP contribution in [0.25, 0.3) is 17.0 Å². The predicted molar refractivity (Wildman–Crippen MR) is 121 cm³/mol. The van der Waals surface area contributed by atoms with Crippen LogP contribution in [0.5, 0.6) is 5.75 Å². The summed E-state index contributed by atoms with van der Waals surface area (Å²) in [5, 5.41) is 13.1. The lowest BCUT2D eigenvalue weighted by Crippen LogP contribution is -2.64. The Morgan fingerprint density at radius 1 is 1.28 bits per heavy atom. The topological polar surface area (TPSA) is 94.7 Å². The molecule has 3 heterocycles. The van der Waals surface area contributed by atoms with E-state index in [4.69, 9.17) is 9.84 Å². The molecule has 2 aromatic carbocycles. The van der Waals surface area contributed by atoms with Crippen LogP contribution in [0, 0.1) is 0 Å². The first-order valence-electron chi connectivity index (χ1n) is 10.8. The number of aliphatic carboxylic acids is 1. The summed E-state index contributed by atoms with van der Waals surface area (Å²) in [4.78, 5) is 29.5. The second-order valence-corrected chi connectivity index (χ2v) is 8.52. The second kappa shape index (κ2) is 7.84. The van der Waals surface area contributed by atoms with E-state index in [-0.39, 0.29) is 11.9 Å². The van der Waals surface area contributed by atoms with Gasteiger partial charge in [0, 0.05) is 35.6 Å². The van der Waals surface area contributed by atoms with Crippen molar-refractivity contribution in [2.45, 2.75) is 31.5 Å². The average molecular weight is 431 g/mol. The van der Waals surface area contributed by atoms with Gasteiger partial charge in [-0.25, -0.2) is 4.79 Å². The quantitative estimate of drug-likeness (QED) is 0.544. The third-order valence-corrected chi connectivity index (χ3v) is 6.42. The molecule has 2 atom stereocenters. The molecule has 1 fully saturated rings. The van der Waals surface area contributed by atoms with Gasteiger partial charge in [0.2, 0.25) is 0 Å². The monoisotopic (exact) mass is 431 g/mol. The Morgan fingerprint density at radius 3 is 2.97 bits per heavy atom. The molecule has 3 N–H and O–H groups in total. The van der Waals surface area contributed by atoms with E-state index >= 15 is 0 Å². The summed E-state index contributed by atoms with van der Waals surface area (Å²) in [5.41, 5.74) is 2.63. The molecule has 0 bridgehead atoms. The number of carboxylic acid groups (broad SMARTS) is 1. The first-order chi connectivity index (χ1) is 15.4. The van der Waals surface area contributed by atoms with E-state index in [1.165, 1.54) is 17.0 Å². The van der Waals surface area contributed by atoms with E-state index in [0.29, 0.717) is 23.4 Å². The minimum Gasteiger partial charge on any atom is -0.478 e. The van der Waals surface area contributed by atoms with Gasteiger partial charge in [0.05, 0.1) is 12.1 Å². The molecule has 1 saturated heterocycles. The van der Waals surface area contributed by atoms with Crippen LogP contribution in [0.4, 0.5) is 0 Å². The van der Waals surface area contributed by atoms with Gasteiger partial charge >= 0.3 is 5.97 Å². The minimum absolute atomic E-state index is 0.161. The molecule has 0 saturated carbocycles. The lowest BCUT2D eigenvalue weighted by Gasteiger charge is -2.47. The van der Waals surface area contributed by atoms with Gasteiger partial charge in [-0.1, -0.05) is 24.3 Å². The number of H-pyrrole nitrogens is 1. The minimum atomic E-state index is -1.03. The van der Waals surface area contributed by atoms with E-state index < -0.39 is 11.7 Å². The second-order valence-electron chi connectivity index (χ2n) is 8.52. The van der Waals surface area contributed by atoms with Crippen molar-refractivity contribution < 1.29 is 19.4 Å². The standard InChI is InChI=1S/C25H25N3O4/c1-16(20-14-26-21-6-3-2-5-18(20)21)28-12-4-11-25(15-28)27-24(31)19-13-17(8-10-23(29)30)7-9-22(19)32-25/h2-3,5-10,13-14,16,26H,4,11-12,15H2,1H3,(H,27,31)(H,29,30). The normalized spacial score (nSPS) is 22.0. The van der Waals surface area contributed by atoms with E-state index in [1.807, 2.05) is 12.1 Å². The zero-order chi connectivity index (χ0) is 22.3. The Labute approximate surface area is 185 Å². The summed E-state index contributed by atoms with van der Waals surface area (Å²) in [6.07, 6.45) is 6.22. The number of aromatic amines is 1. The van der Waals surface area contributed by atoms with E-state index in [9.17, 15) is 9.59 Å². The first-order valence-corrected chi connectivity index (χ1v) is 10.8. The molecule has 7 heteroatoms. The summed E-state index contributed by atoms with van der Waals surface area (Å²) >= 11 is 0. The number of piperidine rings is 1. The highest BCUT2D eigenvalue weighted by atomic mass is 16.5. The number of likely N-dealkylation sites (tertiary alicyclic amines) is 1. The van der Waals surface area contributed by atoms with Crippen LogP contribution in [0.2, 0.25) is 0 Å². The number of hydrogen-bond donors (Lipinski definition) is 3. The molecule has 2 aliphatic rings. The molecule has 5 rings (SSSR count). The number of ether oxygens (including phenoxy) is 1. The van der Waals surface area contributed by atoms with Crippen molar-refractivity contribution in [3.05, 3.63) is 71.4 Å². The fraction of sp³-hybridized carbons (Fsp3) is 0.280. The van der Waals surface area contributed by atoms with Gasteiger partial charge in [-0.2, -0.15) is 0 Å². The van der Waals surface area contributed by atoms with Gasteiger partial charge in [-0.15, -0.1) is 0 Å². The average Bonchev–Trinajstić information content (AvgIpc) is 3.21. The zero-order valence-electron chi connectivity index (χ0n) is 17.8. The van der Waals surface area contributed by atoms with Crippen LogP contribution in [-0.4, -0.2) is 45.7 Å². The van der Waals surface area contributed by atoms with Gasteiger partial charge in [0.15, 0.2) is 5.72 Å². The Kier molecular flexibility index (Phi) is 4.98. The molecule has 2 unspecified atom stereocenters. The van der Waals surface area contributed by atoms with Gasteiger partial charge < -0.3 is 20.1 Å². The maximum atomic E-state index is 13.0. The number of aromatic nitrogens is 1. The number of carbonyl (C=O) groups excluding carboxylic acids is 1. The van der Waals surface area contributed by atoms with Crippen LogP contribution in [-0.2, 0) is 4.79 Å². The summed E-state index contributed by atoms with van der Waals surface area (Å²) in [7, 11) is 0. The van der Waals surface area contributed by atoms with E-state index in [0.717, 1.165) is 31.0 Å². The molecule has 164 valence electrons. The summed E-state index contributed by atoms with van der Waals surface area (Å²) < 4.78 is 6.37. The molecule has 2 aliphatic heterocycles. The third kappa shape index (κ3) is 3.65. The zero-order valence-corrected chi connectivity index (χ0v) is 17.8. The van der Waals surface area contributed by atoms with E-state index in [2.05, 4.69) is 40.5 Å². The smallest absolute Gasteiger partial charge is 0.328 e. The number of amides is 1. The number of fused-ring (bicyclic) bond motifs is 2. The maximum Gasteiger partial charge on any atom is 0.328 e. The van der Waals surface area contributed by atoms with Crippen molar-refractivity contribution in [3.63, 3.8) is 0 Å². The number of nitrogens with zero attached hydrogens (tertiary/aromatic N) is 1. The van der Waals surface area contributed by atoms with Crippen LogP contribution in [0.3, 0.4) is 0 Å². The van der Waals surface area contributed by atoms with Gasteiger partial charge in [0.1, 0.15) is 5.75 Å². The highest BCUT2D eigenvalue weighted by molar-refractivity contribution is 5.99. The molecule has 32 heavy (non-hydrogen) atoms. The van der Waals surface area contributed by atoms with Crippen molar-refractivity contribution >= 4 is 28.9 Å².